The third-order valence-electron chi connectivity index (χ3n) is 8.31. The summed E-state index contributed by atoms with van der Waals surface area (Å²) in [4.78, 5) is 0.680. The van der Waals surface area contributed by atoms with Gasteiger partial charge < -0.3 is 0 Å². The van der Waals surface area contributed by atoms with Gasteiger partial charge >= 0.3 is 0 Å². The Balaban J connectivity index is 1.95. The van der Waals surface area contributed by atoms with E-state index in [4.69, 9.17) is 0 Å². The van der Waals surface area contributed by atoms with Gasteiger partial charge in [-0.15, -0.1) is 0 Å². The highest BCUT2D eigenvalue weighted by molar-refractivity contribution is 7.99. The van der Waals surface area contributed by atoms with Crippen LogP contribution in [0.25, 0.3) is 5.57 Å². The quantitative estimate of drug-likeness (QED) is 0.274. The minimum Gasteiger partial charge on any atom is -0.263 e. The molecule has 3 unspecified atom stereocenters. The maximum Gasteiger partial charge on any atom is 0.136 e. The van der Waals surface area contributed by atoms with E-state index in [9.17, 15) is 8.60 Å². The van der Waals surface area contributed by atoms with Crippen LogP contribution in [0.5, 0.6) is 0 Å². The molecule has 4 heteroatoms. The molecule has 0 spiro atoms. The summed E-state index contributed by atoms with van der Waals surface area (Å²) in [7, 11) is -2.41. The molecule has 2 aromatic carbocycles. The first kappa shape index (κ1) is 28.6. The Kier molecular flexibility index (Phi) is 8.60. The Hall–Kier alpha value is -1.94. The Bertz CT molecular complexity index is 1200. The molecule has 0 aliphatic heterocycles. The van der Waals surface area contributed by atoms with Gasteiger partial charge in [0.05, 0.1) is 0 Å². The summed E-state index contributed by atoms with van der Waals surface area (Å²) in [5, 5.41) is 0. The minimum absolute atomic E-state index is 0.0486. The van der Waals surface area contributed by atoms with E-state index >= 15 is 4.39 Å². The highest BCUT2D eigenvalue weighted by Gasteiger charge is 2.39. The molecule has 198 valence electrons. The van der Waals surface area contributed by atoms with Gasteiger partial charge in [-0.1, -0.05) is 58.0 Å². The second-order valence-electron chi connectivity index (χ2n) is 11.6. The molecule has 1 nitrogen and oxygen atoms in total. The van der Waals surface area contributed by atoms with E-state index in [1.165, 1.54) is 11.1 Å². The van der Waals surface area contributed by atoms with Crippen LogP contribution < -0.4 is 0 Å². The zero-order chi connectivity index (χ0) is 26.9. The zero-order valence-electron chi connectivity index (χ0n) is 23.1. The van der Waals surface area contributed by atoms with Crippen LogP contribution in [0.3, 0.4) is 0 Å². The first-order valence-corrected chi connectivity index (χ1v) is 15.5. The molecule has 0 bridgehead atoms. The van der Waals surface area contributed by atoms with Gasteiger partial charge in [-0.3, -0.25) is 4.21 Å². The number of hydrogen-bond acceptors (Lipinski definition) is 1. The second kappa shape index (κ2) is 10.8. The Morgan fingerprint density at radius 2 is 1.78 bits per heavy atom. The number of benzene rings is 2. The third kappa shape index (κ3) is 6.30. The standard InChI is InChI=1S/C32H44F2OS/c1-9-11-25-14-15-27(32(34)18-10-19-32)20-26(25)13-12-22(2)30-21-28(36(7,8)35)16-17-29(30)23(3)24(4)31(5,6)33/h14-17,20-21,23-24H,2,7,9-13,18-19H2,1,3-6,8H3. The topological polar surface area (TPSA) is 17.1 Å². The molecule has 36 heavy (non-hydrogen) atoms. The first-order valence-electron chi connectivity index (χ1n) is 13.3. The zero-order valence-corrected chi connectivity index (χ0v) is 23.9. The summed E-state index contributed by atoms with van der Waals surface area (Å²) in [5.74, 6) is 3.60. The van der Waals surface area contributed by atoms with Gasteiger partial charge in [0, 0.05) is 11.2 Å². The van der Waals surface area contributed by atoms with E-state index in [-0.39, 0.29) is 11.8 Å². The summed E-state index contributed by atoms with van der Waals surface area (Å²) >= 11 is 0. The van der Waals surface area contributed by atoms with Crippen molar-refractivity contribution in [2.75, 3.05) is 6.26 Å². The lowest BCUT2D eigenvalue weighted by Gasteiger charge is -2.34. The normalized spacial score (nSPS) is 18.7. The molecule has 3 rings (SSSR count). The van der Waals surface area contributed by atoms with Crippen molar-refractivity contribution in [1.82, 2.24) is 0 Å². The lowest BCUT2D eigenvalue weighted by molar-refractivity contribution is 0.0608. The van der Waals surface area contributed by atoms with Gasteiger partial charge in [-0.05, 0) is 125 Å². The van der Waals surface area contributed by atoms with Crippen LogP contribution in [-0.2, 0) is 28.0 Å². The smallest absolute Gasteiger partial charge is 0.136 e. The van der Waals surface area contributed by atoms with E-state index in [1.54, 1.807) is 20.1 Å². The Morgan fingerprint density at radius 1 is 1.11 bits per heavy atom. The Morgan fingerprint density at radius 3 is 2.31 bits per heavy atom. The van der Waals surface area contributed by atoms with Crippen LogP contribution in [0, 0.1) is 5.92 Å². The predicted molar refractivity (Wildman–Crippen MR) is 153 cm³/mol. The molecule has 0 heterocycles. The number of aryl methyl sites for hydroxylation is 2. The van der Waals surface area contributed by atoms with E-state index < -0.39 is 20.9 Å². The summed E-state index contributed by atoms with van der Waals surface area (Å²) in [6, 6.07) is 11.9. The fourth-order valence-corrected chi connectivity index (χ4v) is 5.94. The van der Waals surface area contributed by atoms with Gasteiger partial charge in [-0.25, -0.2) is 8.78 Å². The molecule has 0 radical (unpaired) electrons. The van der Waals surface area contributed by atoms with Gasteiger partial charge in [0.15, 0.2) is 0 Å². The van der Waals surface area contributed by atoms with Crippen molar-refractivity contribution in [1.29, 1.82) is 0 Å². The van der Waals surface area contributed by atoms with Crippen LogP contribution >= 0.6 is 0 Å². The van der Waals surface area contributed by atoms with Crippen molar-refractivity contribution in [2.24, 2.45) is 5.92 Å². The van der Waals surface area contributed by atoms with E-state index in [0.717, 1.165) is 47.9 Å². The molecule has 0 N–H and O–H groups in total. The van der Waals surface area contributed by atoms with E-state index in [0.29, 0.717) is 24.2 Å². The van der Waals surface area contributed by atoms with Gasteiger partial charge in [-0.2, -0.15) is 0 Å². The molecule has 1 aliphatic carbocycles. The highest BCUT2D eigenvalue weighted by Crippen LogP contribution is 2.45. The van der Waals surface area contributed by atoms with Crippen LogP contribution in [0.1, 0.15) is 100 Å². The van der Waals surface area contributed by atoms with Crippen molar-refractivity contribution < 1.29 is 13.0 Å². The minimum atomic E-state index is -2.41. The average Bonchev–Trinajstić information content (AvgIpc) is 2.79. The number of rotatable bonds is 11. The van der Waals surface area contributed by atoms with Crippen molar-refractivity contribution in [3.63, 3.8) is 0 Å². The number of halogens is 2. The van der Waals surface area contributed by atoms with Crippen molar-refractivity contribution >= 4 is 21.0 Å². The summed E-state index contributed by atoms with van der Waals surface area (Å²) in [6.45, 7) is 13.8. The molecule has 3 atom stereocenters. The van der Waals surface area contributed by atoms with Crippen molar-refractivity contribution in [3.05, 3.63) is 70.8 Å². The molecule has 0 aromatic heterocycles. The van der Waals surface area contributed by atoms with Gasteiger partial charge in [0.25, 0.3) is 0 Å². The first-order chi connectivity index (χ1) is 16.7. The SMILES string of the molecule is C=C(CCc1cc(C2(F)CCC2)ccc1CCC)c1cc(S(=C)(C)=O)ccc1C(C)C(C)C(C)(C)F. The second-order valence-corrected chi connectivity index (χ2v) is 14.0. The number of allylic oxidation sites excluding steroid dienone is 1. The summed E-state index contributed by atoms with van der Waals surface area (Å²) in [6.07, 6.45) is 7.23. The number of alkyl halides is 2. The molecule has 1 fully saturated rings. The van der Waals surface area contributed by atoms with Gasteiger partial charge in [0.2, 0.25) is 0 Å². The fraction of sp³-hybridized carbons (Fsp3) is 0.531. The molecule has 1 saturated carbocycles. The van der Waals surface area contributed by atoms with Gasteiger partial charge in [0.1, 0.15) is 11.3 Å². The fourth-order valence-electron chi connectivity index (χ4n) is 5.22. The van der Waals surface area contributed by atoms with Crippen LogP contribution in [-0.4, -0.2) is 22.0 Å². The van der Waals surface area contributed by atoms with E-state index in [1.807, 2.05) is 38.1 Å². The van der Waals surface area contributed by atoms with Crippen molar-refractivity contribution in [2.45, 2.75) is 102 Å². The maximum absolute atomic E-state index is 15.2. The lowest BCUT2D eigenvalue weighted by atomic mass is 9.75. The largest absolute Gasteiger partial charge is 0.263 e. The predicted octanol–water partition coefficient (Wildman–Crippen LogP) is 8.83. The monoisotopic (exact) mass is 514 g/mol. The van der Waals surface area contributed by atoms with E-state index in [2.05, 4.69) is 31.5 Å². The lowest BCUT2D eigenvalue weighted by Crippen LogP contribution is -2.28. The van der Waals surface area contributed by atoms with Crippen LogP contribution in [0.2, 0.25) is 0 Å². The summed E-state index contributed by atoms with van der Waals surface area (Å²) < 4.78 is 42.8. The average molecular weight is 515 g/mol. The molecular weight excluding hydrogens is 470 g/mol. The molecule has 0 saturated heterocycles. The highest BCUT2D eigenvalue weighted by atomic mass is 32.2. The molecule has 0 amide bonds. The molecular formula is C32H44F2OS. The van der Waals surface area contributed by atoms with Crippen molar-refractivity contribution in [3.8, 4) is 0 Å². The number of hydrogen-bond donors (Lipinski definition) is 0. The maximum atomic E-state index is 15.2. The molecule has 1 aliphatic rings. The van der Waals surface area contributed by atoms with Crippen LogP contribution in [0.15, 0.2) is 47.9 Å². The third-order valence-corrected chi connectivity index (χ3v) is 9.56. The Labute approximate surface area is 218 Å². The summed E-state index contributed by atoms with van der Waals surface area (Å²) in [5.41, 5.74) is 3.61. The van der Waals surface area contributed by atoms with Crippen LogP contribution in [0.4, 0.5) is 8.78 Å². The molecule has 2 aromatic rings.